The smallest absolute Gasteiger partial charge is 0.457 e. The van der Waals surface area contributed by atoms with Crippen LogP contribution in [0.1, 0.15) is 11.4 Å². The zero-order valence-corrected chi connectivity index (χ0v) is 20.5. The topological polar surface area (TPSA) is 82.3 Å². The second-order valence-corrected chi connectivity index (χ2v) is 8.56. The standard InChI is InChI=1S/C26H31N5O.Fe.H2O/c1-31(22-23-8-10-26(32)11-9-23)18-16-29(20-24-6-2-4-12-27-24)14-15-30(17-19-31)21-25-7-3-5-13-28-25;;/h2-13,22H,1,14-21H2;;1H2/q;+2;/p+1. The Labute approximate surface area is 212 Å². The Morgan fingerprint density at radius 3 is 1.76 bits per heavy atom. The fourth-order valence-corrected chi connectivity index (χ4v) is 4.06. The van der Waals surface area contributed by atoms with Crippen LogP contribution in [0.15, 0.2) is 84.9 Å². The summed E-state index contributed by atoms with van der Waals surface area (Å²) in [5.41, 5.74) is 3.20. The number of ketones is 1. The molecule has 1 fully saturated rings. The van der Waals surface area contributed by atoms with Crippen LogP contribution in [0.2, 0.25) is 0 Å². The number of allylic oxidation sites excluding steroid dienone is 5. The van der Waals surface area contributed by atoms with Crippen molar-refractivity contribution in [3.05, 3.63) is 103 Å². The summed E-state index contributed by atoms with van der Waals surface area (Å²) in [4.78, 5) is 25.5. The minimum absolute atomic E-state index is 0. The Hall–Kier alpha value is -2.45. The van der Waals surface area contributed by atoms with E-state index < -0.39 is 0 Å². The Balaban J connectivity index is 0.00000204. The summed E-state index contributed by atoms with van der Waals surface area (Å²) in [6.45, 7) is 7.21. The minimum Gasteiger partial charge on any atom is -0.457 e. The van der Waals surface area contributed by atoms with Gasteiger partial charge in [0.15, 0.2) is 5.78 Å². The second kappa shape index (κ2) is 13.4. The first-order valence-electron chi connectivity index (χ1n) is 11.2. The number of quaternary nitrogens is 1. The van der Waals surface area contributed by atoms with Gasteiger partial charge in [-0.05, 0) is 48.6 Å². The molecule has 0 saturated carbocycles. The van der Waals surface area contributed by atoms with E-state index in [1.54, 1.807) is 12.2 Å². The molecule has 0 unspecified atom stereocenters. The van der Waals surface area contributed by atoms with Crippen LogP contribution in [-0.2, 0) is 40.4 Å². The van der Waals surface area contributed by atoms with E-state index in [9.17, 15) is 4.79 Å². The fraction of sp³-hybridized carbons (Fsp3) is 0.308. The van der Waals surface area contributed by atoms with E-state index in [-0.39, 0.29) is 28.3 Å². The molecule has 0 amide bonds. The predicted molar refractivity (Wildman–Crippen MR) is 131 cm³/mol. The van der Waals surface area contributed by atoms with E-state index in [4.69, 9.17) is 0 Å². The van der Waals surface area contributed by atoms with Gasteiger partial charge in [0.25, 0.3) is 0 Å². The van der Waals surface area contributed by atoms with Crippen molar-refractivity contribution in [2.75, 3.05) is 39.3 Å². The third-order valence-corrected chi connectivity index (χ3v) is 5.98. The number of aromatic nitrogens is 2. The van der Waals surface area contributed by atoms with E-state index in [0.29, 0.717) is 4.48 Å². The first kappa shape index (κ1) is 27.8. The zero-order chi connectivity index (χ0) is 22.2. The summed E-state index contributed by atoms with van der Waals surface area (Å²) in [7, 11) is 4.59. The summed E-state index contributed by atoms with van der Waals surface area (Å²) in [6, 6.07) is 12.2. The van der Waals surface area contributed by atoms with Gasteiger partial charge in [-0.1, -0.05) is 12.1 Å². The number of hydrogen-bond donors (Lipinski definition) is 0. The van der Waals surface area contributed by atoms with Crippen LogP contribution in [0.4, 0.5) is 0 Å². The Bertz CT molecular complexity index is 923. The van der Waals surface area contributed by atoms with Crippen molar-refractivity contribution in [1.29, 1.82) is 0 Å². The molecule has 1 saturated heterocycles. The average Bonchev–Trinajstić information content (AvgIpc) is 2.88. The van der Waals surface area contributed by atoms with Crippen molar-refractivity contribution in [3.8, 4) is 0 Å². The maximum atomic E-state index is 11.5. The molecule has 2 aliphatic rings. The molecule has 0 bridgehead atoms. The molecule has 2 aromatic rings. The Morgan fingerprint density at radius 2 is 1.32 bits per heavy atom. The van der Waals surface area contributed by atoms with Crippen molar-refractivity contribution in [2.45, 2.75) is 13.1 Å². The van der Waals surface area contributed by atoms with E-state index in [0.717, 1.165) is 69.3 Å². The van der Waals surface area contributed by atoms with Gasteiger partial charge in [-0.25, -0.2) is 0 Å². The molecule has 0 aromatic carbocycles. The van der Waals surface area contributed by atoms with Gasteiger partial charge in [0.05, 0.1) is 30.7 Å². The quantitative estimate of drug-likeness (QED) is 0.270. The van der Waals surface area contributed by atoms with E-state index in [1.807, 2.05) is 48.8 Å². The van der Waals surface area contributed by atoms with Crippen molar-refractivity contribution < 1.29 is 31.8 Å². The van der Waals surface area contributed by atoms with Crippen LogP contribution in [0, 0.1) is 7.05 Å². The monoisotopic (exact) mass is 504 g/mol. The number of pyridine rings is 2. The normalized spacial score (nSPS) is 18.7. The SMILES string of the molecule is [CH2-][N+]1(C=C2C=CC(=O)C=C2)CCN(Cc2ccccn2)CCN(Cc2ccccn2)CC1.[Fe+2].[OH3+]. The Morgan fingerprint density at radius 1 is 0.824 bits per heavy atom. The first-order chi connectivity index (χ1) is 15.6. The molecule has 8 heteroatoms. The summed E-state index contributed by atoms with van der Waals surface area (Å²) < 4.78 is 0.565. The van der Waals surface area contributed by atoms with Gasteiger partial charge in [0, 0.05) is 57.2 Å². The molecule has 4 rings (SSSR count). The zero-order valence-electron chi connectivity index (χ0n) is 19.4. The Kier molecular flexibility index (Phi) is 11.0. The minimum atomic E-state index is 0. The molecule has 180 valence electrons. The van der Waals surface area contributed by atoms with E-state index in [1.165, 1.54) is 0 Å². The number of hydrogen-bond acceptors (Lipinski definition) is 5. The number of nitrogens with zero attached hydrogens (tertiary/aromatic N) is 5. The van der Waals surface area contributed by atoms with E-state index >= 15 is 0 Å². The maximum Gasteiger partial charge on any atom is 2.00 e. The van der Waals surface area contributed by atoms with Gasteiger partial charge in [-0.15, -0.1) is 7.05 Å². The van der Waals surface area contributed by atoms with Crippen LogP contribution in [0.5, 0.6) is 0 Å². The molecule has 2 aromatic heterocycles. The average molecular weight is 504 g/mol. The van der Waals surface area contributed by atoms with E-state index in [2.05, 4.69) is 45.1 Å². The third kappa shape index (κ3) is 8.40. The maximum absolute atomic E-state index is 11.5. The summed E-state index contributed by atoms with van der Waals surface area (Å²) >= 11 is 0. The molecular weight excluding hydrogens is 470 g/mol. The molecular formula is C26H34FeN5O2+3. The van der Waals surface area contributed by atoms with Crippen LogP contribution in [-0.4, -0.2) is 69.3 Å². The molecule has 3 heterocycles. The first-order valence-corrected chi connectivity index (χ1v) is 11.2. The van der Waals surface area contributed by atoms with Crippen LogP contribution in [0.25, 0.3) is 0 Å². The van der Waals surface area contributed by atoms with Gasteiger partial charge >= 0.3 is 17.1 Å². The fourth-order valence-electron chi connectivity index (χ4n) is 4.06. The van der Waals surface area contributed by atoms with Crippen molar-refractivity contribution >= 4 is 5.78 Å². The third-order valence-electron chi connectivity index (χ3n) is 5.98. The molecule has 7 nitrogen and oxygen atoms in total. The molecule has 1 aliphatic heterocycles. The molecule has 0 atom stereocenters. The summed E-state index contributed by atoms with van der Waals surface area (Å²) in [5, 5.41) is 0. The molecule has 1 aliphatic carbocycles. The van der Waals surface area contributed by atoms with Gasteiger partial charge in [-0.3, -0.25) is 24.6 Å². The van der Waals surface area contributed by atoms with Gasteiger partial charge in [-0.2, -0.15) is 0 Å². The molecule has 3 N–H and O–H groups in total. The van der Waals surface area contributed by atoms with Crippen LogP contribution >= 0.6 is 0 Å². The number of carbonyl (C=O) groups excluding carboxylic acids is 1. The van der Waals surface area contributed by atoms with Gasteiger partial charge in [0.2, 0.25) is 0 Å². The van der Waals surface area contributed by atoms with Crippen LogP contribution in [0.3, 0.4) is 0 Å². The second-order valence-electron chi connectivity index (χ2n) is 8.56. The van der Waals surface area contributed by atoms with Crippen molar-refractivity contribution in [3.63, 3.8) is 0 Å². The van der Waals surface area contributed by atoms with Gasteiger partial charge in [0.1, 0.15) is 0 Å². The summed E-state index contributed by atoms with van der Waals surface area (Å²) in [5.74, 6) is 0.0327. The van der Waals surface area contributed by atoms with Crippen molar-refractivity contribution in [2.24, 2.45) is 0 Å². The number of carbonyl (C=O) groups is 1. The van der Waals surface area contributed by atoms with Crippen LogP contribution < -0.4 is 0 Å². The van der Waals surface area contributed by atoms with Crippen molar-refractivity contribution in [1.82, 2.24) is 19.8 Å². The molecule has 0 radical (unpaired) electrons. The molecule has 34 heavy (non-hydrogen) atoms. The molecule has 0 spiro atoms. The predicted octanol–water partition coefficient (Wildman–Crippen LogP) is 2.06. The summed E-state index contributed by atoms with van der Waals surface area (Å²) in [6.07, 6.45) is 12.9. The number of rotatable bonds is 5. The van der Waals surface area contributed by atoms with Gasteiger partial charge < -0.3 is 9.96 Å². The largest absolute Gasteiger partial charge is 2.00 e.